The molecule has 0 aliphatic carbocycles. The van der Waals surface area contributed by atoms with Gasteiger partial charge in [0.1, 0.15) is 17.9 Å². The Bertz CT molecular complexity index is 607. The number of hydrogen-bond acceptors (Lipinski definition) is 4. The molecule has 0 aliphatic heterocycles. The van der Waals surface area contributed by atoms with E-state index in [-0.39, 0.29) is 23.6 Å². The molecule has 6 heteroatoms. The summed E-state index contributed by atoms with van der Waals surface area (Å²) >= 11 is 0. The summed E-state index contributed by atoms with van der Waals surface area (Å²) in [4.78, 5) is 16.4. The number of aromatic nitrogens is 3. The molecule has 6 nitrogen and oxygen atoms in total. The van der Waals surface area contributed by atoms with Crippen molar-refractivity contribution in [3.63, 3.8) is 0 Å². The standard InChI is InChI=1S/C14H18N4O2/c1-9(2)12(13-15-8-16-18(13)3)17-14(20)10-5-4-6-11(19)7-10/h4-9,12,19H,1-3H3,(H,17,20)/t12-/m1/s1. The van der Waals surface area contributed by atoms with Crippen molar-refractivity contribution in [3.05, 3.63) is 42.0 Å². The molecule has 20 heavy (non-hydrogen) atoms. The highest BCUT2D eigenvalue weighted by Gasteiger charge is 2.23. The molecule has 0 spiro atoms. The quantitative estimate of drug-likeness (QED) is 0.888. The van der Waals surface area contributed by atoms with Crippen LogP contribution in [0.3, 0.4) is 0 Å². The number of benzene rings is 1. The highest BCUT2D eigenvalue weighted by molar-refractivity contribution is 5.94. The van der Waals surface area contributed by atoms with Crippen molar-refractivity contribution in [3.8, 4) is 5.75 Å². The van der Waals surface area contributed by atoms with Crippen LogP contribution in [0.2, 0.25) is 0 Å². The van der Waals surface area contributed by atoms with Crippen LogP contribution in [0.1, 0.15) is 36.1 Å². The van der Waals surface area contributed by atoms with Crippen LogP contribution in [0.5, 0.6) is 5.75 Å². The van der Waals surface area contributed by atoms with Gasteiger partial charge in [0.15, 0.2) is 0 Å². The van der Waals surface area contributed by atoms with Gasteiger partial charge in [0, 0.05) is 12.6 Å². The van der Waals surface area contributed by atoms with Gasteiger partial charge in [-0.25, -0.2) is 4.98 Å². The van der Waals surface area contributed by atoms with Crippen LogP contribution in [0.15, 0.2) is 30.6 Å². The molecule has 0 saturated carbocycles. The molecule has 2 aromatic rings. The van der Waals surface area contributed by atoms with E-state index in [1.54, 1.807) is 23.9 Å². The molecule has 1 aromatic heterocycles. The maximum Gasteiger partial charge on any atom is 0.252 e. The molecule has 1 aromatic carbocycles. The predicted octanol–water partition coefficient (Wildman–Crippen LogP) is 1.65. The van der Waals surface area contributed by atoms with E-state index in [1.165, 1.54) is 18.5 Å². The average Bonchev–Trinajstić information content (AvgIpc) is 2.81. The first-order valence-corrected chi connectivity index (χ1v) is 6.43. The molecule has 0 unspecified atom stereocenters. The third-order valence-corrected chi connectivity index (χ3v) is 3.09. The molecule has 1 amide bonds. The molecule has 106 valence electrons. The van der Waals surface area contributed by atoms with E-state index < -0.39 is 0 Å². The number of hydrogen-bond donors (Lipinski definition) is 2. The number of carbonyl (C=O) groups is 1. The largest absolute Gasteiger partial charge is 0.508 e. The summed E-state index contributed by atoms with van der Waals surface area (Å²) in [5, 5.41) is 16.4. The smallest absolute Gasteiger partial charge is 0.252 e. The maximum absolute atomic E-state index is 12.2. The first-order chi connectivity index (χ1) is 9.49. The number of aryl methyl sites for hydroxylation is 1. The van der Waals surface area contributed by atoms with Gasteiger partial charge in [-0.15, -0.1) is 0 Å². The molecule has 0 aliphatic rings. The van der Waals surface area contributed by atoms with Gasteiger partial charge in [0.2, 0.25) is 0 Å². The average molecular weight is 274 g/mol. The fraction of sp³-hybridized carbons (Fsp3) is 0.357. The molecule has 2 rings (SSSR count). The predicted molar refractivity (Wildman–Crippen MR) is 74.2 cm³/mol. The highest BCUT2D eigenvalue weighted by Crippen LogP contribution is 2.20. The molecule has 0 bridgehead atoms. The van der Waals surface area contributed by atoms with Crippen LogP contribution in [-0.2, 0) is 7.05 Å². The first-order valence-electron chi connectivity index (χ1n) is 6.43. The topological polar surface area (TPSA) is 80.0 Å². The van der Waals surface area contributed by atoms with E-state index in [9.17, 15) is 9.90 Å². The van der Waals surface area contributed by atoms with Crippen molar-refractivity contribution in [2.45, 2.75) is 19.9 Å². The summed E-state index contributed by atoms with van der Waals surface area (Å²) in [6.45, 7) is 4.00. The number of nitrogens with zero attached hydrogens (tertiary/aromatic N) is 3. The molecule has 0 saturated heterocycles. The summed E-state index contributed by atoms with van der Waals surface area (Å²) < 4.78 is 1.65. The van der Waals surface area contributed by atoms with Crippen LogP contribution < -0.4 is 5.32 Å². The van der Waals surface area contributed by atoms with Gasteiger partial charge in [0.05, 0.1) is 6.04 Å². The van der Waals surface area contributed by atoms with Gasteiger partial charge in [-0.1, -0.05) is 19.9 Å². The lowest BCUT2D eigenvalue weighted by atomic mass is 10.0. The number of nitrogens with one attached hydrogen (secondary N) is 1. The number of carbonyl (C=O) groups excluding carboxylic acids is 1. The lowest BCUT2D eigenvalue weighted by Gasteiger charge is -2.21. The minimum absolute atomic E-state index is 0.0670. The molecule has 1 atom stereocenters. The van der Waals surface area contributed by atoms with Crippen molar-refractivity contribution in [1.82, 2.24) is 20.1 Å². The van der Waals surface area contributed by atoms with Crippen molar-refractivity contribution in [2.75, 3.05) is 0 Å². The van der Waals surface area contributed by atoms with E-state index in [1.807, 2.05) is 13.8 Å². The number of aromatic hydroxyl groups is 1. The lowest BCUT2D eigenvalue weighted by Crippen LogP contribution is -2.33. The first kappa shape index (κ1) is 14.0. The van der Waals surface area contributed by atoms with Crippen LogP contribution in [0, 0.1) is 5.92 Å². The Morgan fingerprint density at radius 2 is 2.15 bits per heavy atom. The van der Waals surface area contributed by atoms with E-state index in [0.717, 1.165) is 0 Å². The monoisotopic (exact) mass is 274 g/mol. The second-order valence-corrected chi connectivity index (χ2v) is 4.99. The third-order valence-electron chi connectivity index (χ3n) is 3.09. The van der Waals surface area contributed by atoms with Crippen LogP contribution in [0.25, 0.3) is 0 Å². The molecule has 1 heterocycles. The van der Waals surface area contributed by atoms with Gasteiger partial charge >= 0.3 is 0 Å². The van der Waals surface area contributed by atoms with Crippen LogP contribution in [-0.4, -0.2) is 25.8 Å². The zero-order valence-electron chi connectivity index (χ0n) is 11.7. The maximum atomic E-state index is 12.2. The van der Waals surface area contributed by atoms with Crippen molar-refractivity contribution >= 4 is 5.91 Å². The van der Waals surface area contributed by atoms with E-state index in [2.05, 4.69) is 15.4 Å². The van der Waals surface area contributed by atoms with Crippen LogP contribution in [0.4, 0.5) is 0 Å². The Kier molecular flexibility index (Phi) is 4.02. The molecule has 0 radical (unpaired) electrons. The zero-order valence-corrected chi connectivity index (χ0v) is 11.7. The number of phenols is 1. The Hall–Kier alpha value is -2.37. The molecular formula is C14H18N4O2. The summed E-state index contributed by atoms with van der Waals surface area (Å²) in [6.07, 6.45) is 1.46. The molecule has 2 N–H and O–H groups in total. The van der Waals surface area contributed by atoms with E-state index >= 15 is 0 Å². The van der Waals surface area contributed by atoms with Gasteiger partial charge in [-0.05, 0) is 24.1 Å². The number of amides is 1. The van der Waals surface area contributed by atoms with E-state index in [4.69, 9.17) is 0 Å². The normalized spacial score (nSPS) is 12.4. The van der Waals surface area contributed by atoms with Crippen molar-refractivity contribution in [2.24, 2.45) is 13.0 Å². The summed E-state index contributed by atoms with van der Waals surface area (Å²) in [5.41, 5.74) is 0.415. The highest BCUT2D eigenvalue weighted by atomic mass is 16.3. The third kappa shape index (κ3) is 2.96. The Labute approximate surface area is 117 Å². The molecule has 0 fully saturated rings. The summed E-state index contributed by atoms with van der Waals surface area (Å²) in [7, 11) is 1.79. The minimum Gasteiger partial charge on any atom is -0.508 e. The van der Waals surface area contributed by atoms with Gasteiger partial charge in [-0.3, -0.25) is 9.48 Å². The fourth-order valence-electron chi connectivity index (χ4n) is 1.99. The Balaban J connectivity index is 2.21. The van der Waals surface area contributed by atoms with Crippen molar-refractivity contribution < 1.29 is 9.90 Å². The number of phenolic OH excluding ortho intramolecular Hbond substituents is 1. The second kappa shape index (κ2) is 5.73. The molecular weight excluding hydrogens is 256 g/mol. The zero-order chi connectivity index (χ0) is 14.7. The van der Waals surface area contributed by atoms with E-state index in [0.29, 0.717) is 11.4 Å². The fourth-order valence-corrected chi connectivity index (χ4v) is 1.99. The van der Waals surface area contributed by atoms with Gasteiger partial charge in [-0.2, -0.15) is 5.10 Å². The number of rotatable bonds is 4. The van der Waals surface area contributed by atoms with Gasteiger partial charge < -0.3 is 10.4 Å². The SMILES string of the molecule is CC(C)[C@@H](NC(=O)c1cccc(O)c1)c1ncnn1C. The van der Waals surface area contributed by atoms with Crippen LogP contribution >= 0.6 is 0 Å². The lowest BCUT2D eigenvalue weighted by molar-refractivity contribution is 0.0921. The minimum atomic E-state index is -0.248. The summed E-state index contributed by atoms with van der Waals surface area (Å²) in [6, 6.07) is 6.01. The Morgan fingerprint density at radius 1 is 1.40 bits per heavy atom. The second-order valence-electron chi connectivity index (χ2n) is 4.99. The van der Waals surface area contributed by atoms with Crippen molar-refractivity contribution in [1.29, 1.82) is 0 Å². The summed E-state index contributed by atoms with van der Waals surface area (Å²) in [5.74, 6) is 0.688. The van der Waals surface area contributed by atoms with Gasteiger partial charge in [0.25, 0.3) is 5.91 Å². The Morgan fingerprint density at radius 3 is 2.70 bits per heavy atom.